The van der Waals surface area contributed by atoms with E-state index in [4.69, 9.17) is 0 Å². The molecule has 2 heteroatoms. The molecule has 2 rings (SSSR count). The van der Waals surface area contributed by atoms with E-state index in [1.807, 2.05) is 0 Å². The first-order chi connectivity index (χ1) is 8.65. The molecule has 0 radical (unpaired) electrons. The molecule has 0 aromatic heterocycles. The van der Waals surface area contributed by atoms with Crippen LogP contribution in [0.2, 0.25) is 0 Å². The van der Waals surface area contributed by atoms with Crippen LogP contribution >= 0.6 is 0 Å². The van der Waals surface area contributed by atoms with Crippen LogP contribution in [0.15, 0.2) is 24.3 Å². The first-order valence-electron chi connectivity index (χ1n) is 6.96. The van der Waals surface area contributed by atoms with Crippen molar-refractivity contribution < 1.29 is 4.79 Å². The summed E-state index contributed by atoms with van der Waals surface area (Å²) in [5.74, 6) is 0. The van der Waals surface area contributed by atoms with Gasteiger partial charge in [0.2, 0.25) is 0 Å². The maximum Gasteiger partial charge on any atom is 0.127 e. The van der Waals surface area contributed by atoms with Crippen LogP contribution in [0.5, 0.6) is 0 Å². The van der Waals surface area contributed by atoms with E-state index in [0.29, 0.717) is 6.04 Å². The molecule has 1 aliphatic heterocycles. The monoisotopic (exact) mass is 245 g/mol. The number of benzene rings is 1. The van der Waals surface area contributed by atoms with Crippen molar-refractivity contribution in [3.05, 3.63) is 29.8 Å². The zero-order valence-corrected chi connectivity index (χ0v) is 11.6. The second-order valence-electron chi connectivity index (χ2n) is 5.50. The van der Waals surface area contributed by atoms with E-state index in [9.17, 15) is 4.79 Å². The normalized spacial score (nSPS) is 18.8. The van der Waals surface area contributed by atoms with Crippen molar-refractivity contribution in [2.45, 2.75) is 46.1 Å². The summed E-state index contributed by atoms with van der Waals surface area (Å²) in [5, 5.41) is 0. The van der Waals surface area contributed by atoms with Crippen LogP contribution in [0.25, 0.3) is 0 Å². The fourth-order valence-corrected chi connectivity index (χ4v) is 2.89. The molecule has 1 aliphatic rings. The quantitative estimate of drug-likeness (QED) is 0.741. The summed E-state index contributed by atoms with van der Waals surface area (Å²) in [6, 6.07) is 9.07. The highest BCUT2D eigenvalue weighted by atomic mass is 16.1. The standard InChI is InChI=1S/C16H23NO/c1-4-16(5-2,12-18)11-17-13(3)10-14-8-6-7-9-15(14)17/h6-9,12-13H,4-5,10-11H2,1-3H3. The van der Waals surface area contributed by atoms with E-state index in [1.165, 1.54) is 17.5 Å². The van der Waals surface area contributed by atoms with Gasteiger partial charge in [-0.3, -0.25) is 0 Å². The molecule has 1 atom stereocenters. The summed E-state index contributed by atoms with van der Waals surface area (Å²) in [6.07, 6.45) is 4.09. The number of aldehydes is 1. The molecule has 0 amide bonds. The molecule has 0 spiro atoms. The average Bonchev–Trinajstić information content (AvgIpc) is 2.72. The number of carbonyl (C=O) groups excluding carboxylic acids is 1. The number of carbonyl (C=O) groups is 1. The molecule has 18 heavy (non-hydrogen) atoms. The van der Waals surface area contributed by atoms with Gasteiger partial charge in [-0.25, -0.2) is 0 Å². The third-order valence-corrected chi connectivity index (χ3v) is 4.49. The van der Waals surface area contributed by atoms with E-state index in [0.717, 1.165) is 25.8 Å². The highest BCUT2D eigenvalue weighted by Gasteiger charge is 2.34. The predicted octanol–water partition coefficient (Wildman–Crippen LogP) is 3.44. The second kappa shape index (κ2) is 5.13. The fraction of sp³-hybridized carbons (Fsp3) is 0.562. The smallest absolute Gasteiger partial charge is 0.127 e. The van der Waals surface area contributed by atoms with Gasteiger partial charge in [-0.1, -0.05) is 32.0 Å². The lowest BCUT2D eigenvalue weighted by Gasteiger charge is -2.35. The summed E-state index contributed by atoms with van der Waals surface area (Å²) in [6.45, 7) is 7.33. The first-order valence-corrected chi connectivity index (χ1v) is 6.96. The van der Waals surface area contributed by atoms with E-state index < -0.39 is 0 Å². The van der Waals surface area contributed by atoms with Crippen LogP contribution in [-0.2, 0) is 11.2 Å². The number of anilines is 1. The van der Waals surface area contributed by atoms with Gasteiger partial charge in [0.05, 0.1) is 0 Å². The topological polar surface area (TPSA) is 20.3 Å². The van der Waals surface area contributed by atoms with Gasteiger partial charge in [-0.15, -0.1) is 0 Å². The lowest BCUT2D eigenvalue weighted by Crippen LogP contribution is -2.41. The predicted molar refractivity (Wildman–Crippen MR) is 76.0 cm³/mol. The van der Waals surface area contributed by atoms with E-state index in [-0.39, 0.29) is 5.41 Å². The molecule has 0 N–H and O–H groups in total. The molecular weight excluding hydrogens is 222 g/mol. The van der Waals surface area contributed by atoms with E-state index in [1.54, 1.807) is 0 Å². The summed E-state index contributed by atoms with van der Waals surface area (Å²) in [7, 11) is 0. The molecule has 1 heterocycles. The van der Waals surface area contributed by atoms with Crippen molar-refractivity contribution in [2.24, 2.45) is 5.41 Å². The highest BCUT2D eigenvalue weighted by molar-refractivity contribution is 5.64. The van der Waals surface area contributed by atoms with Gasteiger partial charge in [0.15, 0.2) is 0 Å². The van der Waals surface area contributed by atoms with Crippen LogP contribution in [-0.4, -0.2) is 18.9 Å². The molecule has 98 valence electrons. The van der Waals surface area contributed by atoms with Crippen molar-refractivity contribution in [3.8, 4) is 0 Å². The van der Waals surface area contributed by atoms with Crippen molar-refractivity contribution >= 4 is 12.0 Å². The molecule has 1 unspecified atom stereocenters. The Morgan fingerprint density at radius 1 is 1.33 bits per heavy atom. The van der Waals surface area contributed by atoms with Gasteiger partial charge in [0.25, 0.3) is 0 Å². The Labute approximate surface area is 110 Å². The highest BCUT2D eigenvalue weighted by Crippen LogP contribution is 2.36. The van der Waals surface area contributed by atoms with E-state index in [2.05, 4.69) is 49.9 Å². The van der Waals surface area contributed by atoms with Crippen LogP contribution in [0.4, 0.5) is 5.69 Å². The molecule has 0 saturated heterocycles. The Kier molecular flexibility index (Phi) is 3.74. The number of fused-ring (bicyclic) bond motifs is 1. The number of hydrogen-bond acceptors (Lipinski definition) is 2. The largest absolute Gasteiger partial charge is 0.367 e. The third kappa shape index (κ3) is 2.16. The average molecular weight is 245 g/mol. The molecule has 0 bridgehead atoms. The second-order valence-corrected chi connectivity index (χ2v) is 5.50. The number of nitrogens with zero attached hydrogens (tertiary/aromatic N) is 1. The lowest BCUT2D eigenvalue weighted by atomic mass is 9.83. The lowest BCUT2D eigenvalue weighted by molar-refractivity contribution is -0.116. The van der Waals surface area contributed by atoms with E-state index >= 15 is 0 Å². The van der Waals surface area contributed by atoms with Crippen molar-refractivity contribution in [2.75, 3.05) is 11.4 Å². The molecule has 1 aromatic rings. The van der Waals surface area contributed by atoms with Gasteiger partial charge in [-0.05, 0) is 37.8 Å². The Hall–Kier alpha value is -1.31. The van der Waals surface area contributed by atoms with Gasteiger partial charge in [0.1, 0.15) is 6.29 Å². The summed E-state index contributed by atoms with van der Waals surface area (Å²) in [5.41, 5.74) is 2.54. The Bertz CT molecular complexity index is 423. The molecule has 0 saturated carbocycles. The van der Waals surface area contributed by atoms with Gasteiger partial charge < -0.3 is 9.69 Å². The molecule has 1 aromatic carbocycles. The van der Waals surface area contributed by atoms with Gasteiger partial charge in [0, 0.05) is 23.7 Å². The van der Waals surface area contributed by atoms with Crippen molar-refractivity contribution in [1.82, 2.24) is 0 Å². The summed E-state index contributed by atoms with van der Waals surface area (Å²) < 4.78 is 0. The minimum absolute atomic E-state index is 0.189. The van der Waals surface area contributed by atoms with Crippen molar-refractivity contribution in [1.29, 1.82) is 0 Å². The number of hydrogen-bond donors (Lipinski definition) is 0. The molecular formula is C16H23NO. The number of rotatable bonds is 5. The maximum atomic E-state index is 11.5. The van der Waals surface area contributed by atoms with Crippen molar-refractivity contribution in [3.63, 3.8) is 0 Å². The zero-order chi connectivity index (χ0) is 13.2. The number of para-hydroxylation sites is 1. The van der Waals surface area contributed by atoms with Crippen LogP contribution in [0, 0.1) is 5.41 Å². The fourth-order valence-electron chi connectivity index (χ4n) is 2.89. The Morgan fingerprint density at radius 3 is 2.61 bits per heavy atom. The van der Waals surface area contributed by atoms with Crippen LogP contribution in [0.1, 0.15) is 39.2 Å². The van der Waals surface area contributed by atoms with Gasteiger partial charge in [-0.2, -0.15) is 0 Å². The SMILES string of the molecule is CCC(C=O)(CC)CN1c2ccccc2CC1C. The zero-order valence-electron chi connectivity index (χ0n) is 11.6. The van der Waals surface area contributed by atoms with Crippen LogP contribution < -0.4 is 4.90 Å². The van der Waals surface area contributed by atoms with Gasteiger partial charge >= 0.3 is 0 Å². The molecule has 0 fully saturated rings. The maximum absolute atomic E-state index is 11.5. The minimum Gasteiger partial charge on any atom is -0.367 e. The Morgan fingerprint density at radius 2 is 2.00 bits per heavy atom. The molecule has 0 aliphatic carbocycles. The third-order valence-electron chi connectivity index (χ3n) is 4.49. The van der Waals surface area contributed by atoms with Crippen LogP contribution in [0.3, 0.4) is 0 Å². The molecule has 2 nitrogen and oxygen atoms in total. The Balaban J connectivity index is 2.26. The summed E-state index contributed by atoms with van der Waals surface area (Å²) in [4.78, 5) is 13.9. The summed E-state index contributed by atoms with van der Waals surface area (Å²) >= 11 is 0. The minimum atomic E-state index is -0.189. The first kappa shape index (κ1) is 13.1.